The molecule has 2 aromatic carbocycles. The van der Waals surface area contributed by atoms with Crippen LogP contribution in [0, 0.1) is 0 Å². The summed E-state index contributed by atoms with van der Waals surface area (Å²) in [6.45, 7) is 12.8. The average molecular weight is 357 g/mol. The fraction of sp³-hybridized carbons (Fsp3) is 0.160. The summed E-state index contributed by atoms with van der Waals surface area (Å²) in [6, 6.07) is 24.7. The Labute approximate surface area is 163 Å². The number of aromatic nitrogens is 1. The molecule has 0 aliphatic carbocycles. The first-order valence-corrected chi connectivity index (χ1v) is 9.23. The van der Waals surface area contributed by atoms with Crippen molar-refractivity contribution >= 4 is 11.3 Å². The van der Waals surface area contributed by atoms with Gasteiger partial charge in [-0.05, 0) is 42.2 Å². The molecule has 2 nitrogen and oxygen atoms in total. The van der Waals surface area contributed by atoms with Crippen molar-refractivity contribution in [1.82, 2.24) is 10.3 Å². The number of allylic oxidation sites excluding steroid dienone is 1. The zero-order valence-corrected chi connectivity index (χ0v) is 16.3. The maximum Gasteiger partial charge on any atom is 0.0653 e. The molecule has 0 aliphatic heterocycles. The molecule has 0 saturated heterocycles. The van der Waals surface area contributed by atoms with E-state index in [0.717, 1.165) is 35.5 Å². The zero-order chi connectivity index (χ0) is 19.5. The van der Waals surface area contributed by atoms with Crippen molar-refractivity contribution in [3.63, 3.8) is 0 Å². The van der Waals surface area contributed by atoms with Crippen molar-refractivity contribution < 1.29 is 0 Å². The molecule has 1 aromatic heterocycles. The molecule has 0 amide bonds. The molecule has 138 valence electrons. The average Bonchev–Trinajstić information content (AvgIpc) is 2.74. The quantitative estimate of drug-likeness (QED) is 0.575. The van der Waals surface area contributed by atoms with Crippen molar-refractivity contribution in [1.29, 1.82) is 0 Å². The van der Waals surface area contributed by atoms with Crippen LogP contribution < -0.4 is 5.32 Å². The smallest absolute Gasteiger partial charge is 0.0653 e. The Morgan fingerprint density at radius 1 is 0.852 bits per heavy atom. The Morgan fingerprint density at radius 3 is 1.89 bits per heavy atom. The van der Waals surface area contributed by atoms with Crippen LogP contribution in [0.4, 0.5) is 0 Å². The number of hydrogen-bond donors (Lipinski definition) is 1. The maximum atomic E-state index is 4.35. The lowest BCUT2D eigenvalue weighted by molar-refractivity contribution is 0.890. The second kappa shape index (κ2) is 10.8. The van der Waals surface area contributed by atoms with Gasteiger partial charge >= 0.3 is 0 Å². The van der Waals surface area contributed by atoms with Gasteiger partial charge in [0.2, 0.25) is 0 Å². The van der Waals surface area contributed by atoms with Gasteiger partial charge in [0, 0.05) is 24.0 Å². The maximum absolute atomic E-state index is 4.35. The largest absolute Gasteiger partial charge is 0.381 e. The third kappa shape index (κ3) is 6.95. The number of aryl methyl sites for hydroxylation is 1. The summed E-state index contributed by atoms with van der Waals surface area (Å²) in [6.07, 6.45) is 2.96. The Balaban J connectivity index is 0.000000273. The standard InChI is InChI=1S/C17H18N2.C8H10/c1-13(2)17-10-9-16(12-19-17)14(3)18-11-15-7-5-4-6-8-15;1-2-8-6-4-3-5-7-8/h4-10,12,18H,1,3,11H2,2H3;3-7H,2H2,1H3. The van der Waals surface area contributed by atoms with Crippen molar-refractivity contribution in [2.24, 2.45) is 0 Å². The Morgan fingerprint density at radius 2 is 1.44 bits per heavy atom. The second-order valence-electron chi connectivity index (χ2n) is 6.37. The molecule has 0 unspecified atom stereocenters. The topological polar surface area (TPSA) is 24.9 Å². The van der Waals surface area contributed by atoms with Gasteiger partial charge in [-0.3, -0.25) is 4.98 Å². The summed E-state index contributed by atoms with van der Waals surface area (Å²) in [5.74, 6) is 0. The third-order valence-corrected chi connectivity index (χ3v) is 4.15. The summed E-state index contributed by atoms with van der Waals surface area (Å²) in [5, 5.41) is 3.31. The predicted molar refractivity (Wildman–Crippen MR) is 117 cm³/mol. The van der Waals surface area contributed by atoms with E-state index in [-0.39, 0.29) is 0 Å². The summed E-state index contributed by atoms with van der Waals surface area (Å²) in [4.78, 5) is 4.35. The van der Waals surface area contributed by atoms with E-state index in [1.54, 1.807) is 0 Å². The molecule has 0 bridgehead atoms. The van der Waals surface area contributed by atoms with Gasteiger partial charge in [0.1, 0.15) is 0 Å². The Bertz CT molecular complexity index is 835. The minimum absolute atomic E-state index is 0.766. The molecule has 0 spiro atoms. The number of hydrogen-bond acceptors (Lipinski definition) is 2. The molecule has 0 radical (unpaired) electrons. The highest BCUT2D eigenvalue weighted by molar-refractivity contribution is 5.64. The Kier molecular flexibility index (Phi) is 8.05. The van der Waals surface area contributed by atoms with Crippen LogP contribution >= 0.6 is 0 Å². The highest BCUT2D eigenvalue weighted by Crippen LogP contribution is 2.13. The predicted octanol–water partition coefficient (Wildman–Crippen LogP) is 6.12. The zero-order valence-electron chi connectivity index (χ0n) is 16.3. The van der Waals surface area contributed by atoms with Gasteiger partial charge in [-0.1, -0.05) is 80.7 Å². The summed E-state index contributed by atoms with van der Waals surface area (Å²) >= 11 is 0. The first-order chi connectivity index (χ1) is 13.1. The van der Waals surface area contributed by atoms with E-state index < -0.39 is 0 Å². The van der Waals surface area contributed by atoms with Gasteiger partial charge in [0.25, 0.3) is 0 Å². The highest BCUT2D eigenvalue weighted by atomic mass is 14.9. The molecule has 3 rings (SSSR count). The van der Waals surface area contributed by atoms with E-state index in [1.807, 2.05) is 49.5 Å². The van der Waals surface area contributed by atoms with Crippen LogP contribution in [0.2, 0.25) is 0 Å². The monoisotopic (exact) mass is 356 g/mol. The molecule has 0 saturated carbocycles. The van der Waals surface area contributed by atoms with Crippen molar-refractivity contribution in [2.75, 3.05) is 0 Å². The van der Waals surface area contributed by atoms with E-state index in [4.69, 9.17) is 0 Å². The SMILES string of the molecule is C=C(NCc1ccccc1)c1ccc(C(=C)C)nc1.CCc1ccccc1. The molecule has 1 N–H and O–H groups in total. The van der Waals surface area contributed by atoms with Gasteiger partial charge in [-0.2, -0.15) is 0 Å². The molecular weight excluding hydrogens is 328 g/mol. The van der Waals surface area contributed by atoms with Crippen LogP contribution in [0.5, 0.6) is 0 Å². The lowest BCUT2D eigenvalue weighted by Crippen LogP contribution is -2.11. The molecule has 0 aliphatic rings. The number of nitrogens with zero attached hydrogens (tertiary/aromatic N) is 1. The van der Waals surface area contributed by atoms with E-state index in [2.05, 4.69) is 66.8 Å². The van der Waals surface area contributed by atoms with E-state index >= 15 is 0 Å². The molecule has 0 atom stereocenters. The first-order valence-electron chi connectivity index (χ1n) is 9.23. The number of pyridine rings is 1. The fourth-order valence-electron chi connectivity index (χ4n) is 2.45. The van der Waals surface area contributed by atoms with Gasteiger partial charge in [0.05, 0.1) is 5.69 Å². The first kappa shape index (κ1) is 20.2. The summed E-state index contributed by atoms with van der Waals surface area (Å²) in [7, 11) is 0. The van der Waals surface area contributed by atoms with Crippen molar-refractivity contribution in [3.05, 3.63) is 115 Å². The molecule has 0 fully saturated rings. The van der Waals surface area contributed by atoms with Gasteiger partial charge < -0.3 is 5.32 Å². The molecular formula is C25H28N2. The van der Waals surface area contributed by atoms with Crippen LogP contribution in [0.3, 0.4) is 0 Å². The highest BCUT2D eigenvalue weighted by Gasteiger charge is 2.01. The van der Waals surface area contributed by atoms with E-state index in [9.17, 15) is 0 Å². The van der Waals surface area contributed by atoms with Crippen LogP contribution in [-0.4, -0.2) is 4.98 Å². The Hall–Kier alpha value is -3.13. The normalized spacial score (nSPS) is 9.70. The van der Waals surface area contributed by atoms with Gasteiger partial charge in [-0.15, -0.1) is 0 Å². The lowest BCUT2D eigenvalue weighted by atomic mass is 10.1. The number of nitrogens with one attached hydrogen (secondary N) is 1. The van der Waals surface area contributed by atoms with Crippen molar-refractivity contribution in [2.45, 2.75) is 26.8 Å². The fourth-order valence-corrected chi connectivity index (χ4v) is 2.45. The van der Waals surface area contributed by atoms with Crippen LogP contribution in [-0.2, 0) is 13.0 Å². The number of rotatable bonds is 6. The summed E-state index contributed by atoms with van der Waals surface area (Å²) < 4.78 is 0. The van der Waals surface area contributed by atoms with Gasteiger partial charge in [0.15, 0.2) is 0 Å². The third-order valence-electron chi connectivity index (χ3n) is 4.15. The number of benzene rings is 2. The summed E-state index contributed by atoms with van der Waals surface area (Å²) in [5.41, 5.74) is 6.40. The minimum Gasteiger partial charge on any atom is -0.381 e. The van der Waals surface area contributed by atoms with E-state index in [0.29, 0.717) is 0 Å². The molecule has 3 aromatic rings. The lowest BCUT2D eigenvalue weighted by Gasteiger charge is -2.10. The van der Waals surface area contributed by atoms with Crippen molar-refractivity contribution in [3.8, 4) is 0 Å². The van der Waals surface area contributed by atoms with E-state index in [1.165, 1.54) is 11.1 Å². The molecule has 2 heteroatoms. The molecule has 1 heterocycles. The van der Waals surface area contributed by atoms with Gasteiger partial charge in [-0.25, -0.2) is 0 Å². The molecule has 27 heavy (non-hydrogen) atoms. The van der Waals surface area contributed by atoms with Crippen LogP contribution in [0.25, 0.3) is 11.3 Å². The minimum atomic E-state index is 0.766. The second-order valence-corrected chi connectivity index (χ2v) is 6.37. The van der Waals surface area contributed by atoms with Crippen LogP contribution in [0.15, 0.2) is 92.2 Å². The van der Waals surface area contributed by atoms with Crippen LogP contribution in [0.1, 0.15) is 36.2 Å².